The third kappa shape index (κ3) is 5.99. The first-order chi connectivity index (χ1) is 14.1. The molecule has 0 aromatic carbocycles. The molecule has 0 saturated carbocycles. The summed E-state index contributed by atoms with van der Waals surface area (Å²) in [7, 11) is 0. The number of nitrogens with zero attached hydrogens (tertiary/aromatic N) is 3. The lowest BCUT2D eigenvalue weighted by atomic mass is 9.82. The number of carbonyl (C=O) groups is 1. The Labute approximate surface area is 202 Å². The highest BCUT2D eigenvalue weighted by molar-refractivity contribution is 7.98. The van der Waals surface area contributed by atoms with Crippen LogP contribution in [0.5, 0.6) is 0 Å². The van der Waals surface area contributed by atoms with Crippen LogP contribution in [-0.4, -0.2) is 64.5 Å². The van der Waals surface area contributed by atoms with Crippen molar-refractivity contribution in [3.8, 4) is 0 Å². The van der Waals surface area contributed by atoms with Gasteiger partial charge in [-0.15, -0.1) is 24.8 Å². The minimum atomic E-state index is -0.407. The number of fused-ring (bicyclic) bond motifs is 4. The summed E-state index contributed by atoms with van der Waals surface area (Å²) in [4.78, 5) is 30.4. The molecule has 31 heavy (non-hydrogen) atoms. The first kappa shape index (κ1) is 26.5. The first-order valence-electron chi connectivity index (χ1n) is 11.0. The fraction of sp³-hybridized carbons (Fsp3) is 0.727. The molecular formula is C22H36Cl2N4O2S. The highest BCUT2D eigenvalue weighted by Crippen LogP contribution is 2.35. The SMILES string of the molecule is CSCC[C@H](N)C(=O)N1C[C@@H]2C[C@H](C1)c1ccc(CN3CCCCC3)c(=O)n1C2.Cl.Cl. The molecule has 2 fully saturated rings. The molecule has 2 bridgehead atoms. The number of amides is 1. The van der Waals surface area contributed by atoms with E-state index in [0.717, 1.165) is 62.6 Å². The Morgan fingerprint density at radius 2 is 1.90 bits per heavy atom. The number of hydrogen-bond donors (Lipinski definition) is 1. The first-order valence-corrected chi connectivity index (χ1v) is 12.4. The van der Waals surface area contributed by atoms with Crippen molar-refractivity contribution in [3.05, 3.63) is 33.7 Å². The largest absolute Gasteiger partial charge is 0.340 e. The Balaban J connectivity index is 0.00000171. The standard InChI is InChI=1S/C22H34N4O2S.2ClH/c1-29-10-7-19(23)22(28)25-12-16-11-18(15-25)20-6-5-17(21(27)26(20)13-16)14-24-8-3-2-4-9-24;;/h5-6,16,18-19H,2-4,7-15,23H2,1H3;2*1H/t16-,18+,19-;;/m0../s1. The molecule has 0 unspecified atom stereocenters. The molecule has 1 aromatic rings. The molecule has 1 amide bonds. The quantitative estimate of drug-likeness (QED) is 0.663. The Kier molecular flexibility index (Phi) is 10.2. The summed E-state index contributed by atoms with van der Waals surface area (Å²) in [5, 5.41) is 0. The Morgan fingerprint density at radius 1 is 1.16 bits per heavy atom. The van der Waals surface area contributed by atoms with Crippen LogP contribution in [0.2, 0.25) is 0 Å². The fourth-order valence-electron chi connectivity index (χ4n) is 5.25. The van der Waals surface area contributed by atoms with Gasteiger partial charge >= 0.3 is 0 Å². The third-order valence-electron chi connectivity index (χ3n) is 6.79. The van der Waals surface area contributed by atoms with Crippen LogP contribution in [0.1, 0.15) is 49.3 Å². The molecule has 1 aromatic heterocycles. The molecule has 2 saturated heterocycles. The van der Waals surface area contributed by atoms with Crippen LogP contribution >= 0.6 is 36.6 Å². The van der Waals surface area contributed by atoms with Gasteiger partial charge in [0.25, 0.3) is 5.56 Å². The van der Waals surface area contributed by atoms with E-state index in [2.05, 4.69) is 11.0 Å². The summed E-state index contributed by atoms with van der Waals surface area (Å²) in [5.74, 6) is 1.58. The number of nitrogens with two attached hydrogens (primary N) is 1. The maximum atomic E-state index is 13.2. The summed E-state index contributed by atoms with van der Waals surface area (Å²) in [6, 6.07) is 3.77. The Hall–Kier alpha value is -0.730. The minimum absolute atomic E-state index is 0. The fourth-order valence-corrected chi connectivity index (χ4v) is 5.74. The van der Waals surface area contributed by atoms with E-state index < -0.39 is 6.04 Å². The molecule has 6 nitrogen and oxygen atoms in total. The lowest BCUT2D eigenvalue weighted by molar-refractivity contribution is -0.135. The summed E-state index contributed by atoms with van der Waals surface area (Å²) < 4.78 is 2.01. The van der Waals surface area contributed by atoms with Gasteiger partial charge in [-0.3, -0.25) is 14.5 Å². The van der Waals surface area contributed by atoms with Gasteiger partial charge in [-0.05, 0) is 62.8 Å². The van der Waals surface area contributed by atoms with Crippen molar-refractivity contribution < 1.29 is 4.79 Å². The molecule has 3 atom stereocenters. The highest BCUT2D eigenvalue weighted by atomic mass is 35.5. The number of thioether (sulfide) groups is 1. The van der Waals surface area contributed by atoms with Crippen molar-refractivity contribution in [1.29, 1.82) is 0 Å². The Morgan fingerprint density at radius 3 is 2.61 bits per heavy atom. The summed E-state index contributed by atoms with van der Waals surface area (Å²) in [6.45, 7) is 5.10. The van der Waals surface area contributed by atoms with E-state index in [1.165, 1.54) is 19.3 Å². The number of halogens is 2. The van der Waals surface area contributed by atoms with Crippen molar-refractivity contribution in [2.45, 2.75) is 57.2 Å². The van der Waals surface area contributed by atoms with E-state index in [4.69, 9.17) is 5.73 Å². The predicted octanol–water partition coefficient (Wildman–Crippen LogP) is 2.70. The third-order valence-corrected chi connectivity index (χ3v) is 7.43. The van der Waals surface area contributed by atoms with E-state index in [1.807, 2.05) is 21.8 Å². The van der Waals surface area contributed by atoms with E-state index >= 15 is 0 Å². The second-order valence-corrected chi connectivity index (χ2v) is 9.95. The molecule has 3 aliphatic rings. The van der Waals surface area contributed by atoms with Crippen LogP contribution < -0.4 is 11.3 Å². The second-order valence-electron chi connectivity index (χ2n) is 8.97. The van der Waals surface area contributed by atoms with Gasteiger partial charge in [0.15, 0.2) is 0 Å². The lowest BCUT2D eigenvalue weighted by Crippen LogP contribution is -2.53. The zero-order chi connectivity index (χ0) is 20.4. The number of piperidine rings is 2. The minimum Gasteiger partial charge on any atom is -0.340 e. The van der Waals surface area contributed by atoms with Gasteiger partial charge in [0.1, 0.15) is 0 Å². The number of pyridine rings is 1. The smallest absolute Gasteiger partial charge is 0.255 e. The molecule has 9 heteroatoms. The van der Waals surface area contributed by atoms with Crippen molar-refractivity contribution in [2.24, 2.45) is 11.7 Å². The summed E-state index contributed by atoms with van der Waals surface area (Å²) in [6.07, 6.45) is 7.60. The van der Waals surface area contributed by atoms with Crippen molar-refractivity contribution in [2.75, 3.05) is 38.2 Å². The summed E-state index contributed by atoms with van der Waals surface area (Å²) in [5.41, 5.74) is 8.35. The average molecular weight is 492 g/mol. The number of likely N-dealkylation sites (tertiary alicyclic amines) is 2. The van der Waals surface area contributed by atoms with Gasteiger partial charge in [-0.25, -0.2) is 0 Å². The molecule has 176 valence electrons. The normalized spacial score (nSPS) is 23.9. The zero-order valence-electron chi connectivity index (χ0n) is 18.3. The molecule has 4 heterocycles. The average Bonchev–Trinajstić information content (AvgIpc) is 2.74. The highest BCUT2D eigenvalue weighted by Gasteiger charge is 2.37. The lowest BCUT2D eigenvalue weighted by Gasteiger charge is -2.43. The van der Waals surface area contributed by atoms with Crippen LogP contribution in [0, 0.1) is 5.92 Å². The maximum Gasteiger partial charge on any atom is 0.255 e. The zero-order valence-corrected chi connectivity index (χ0v) is 20.8. The van der Waals surface area contributed by atoms with Gasteiger partial charge < -0.3 is 15.2 Å². The topological polar surface area (TPSA) is 71.6 Å². The van der Waals surface area contributed by atoms with Crippen LogP contribution in [0.4, 0.5) is 0 Å². The van der Waals surface area contributed by atoms with E-state index in [1.54, 1.807) is 11.8 Å². The van der Waals surface area contributed by atoms with Gasteiger partial charge in [0.05, 0.1) is 6.04 Å². The predicted molar refractivity (Wildman–Crippen MR) is 133 cm³/mol. The molecule has 0 aliphatic carbocycles. The van der Waals surface area contributed by atoms with E-state index in [-0.39, 0.29) is 42.2 Å². The van der Waals surface area contributed by atoms with Crippen molar-refractivity contribution in [3.63, 3.8) is 0 Å². The summed E-state index contributed by atoms with van der Waals surface area (Å²) >= 11 is 1.72. The number of hydrogen-bond acceptors (Lipinski definition) is 5. The van der Waals surface area contributed by atoms with Crippen LogP contribution in [0.3, 0.4) is 0 Å². The van der Waals surface area contributed by atoms with Crippen LogP contribution in [0.15, 0.2) is 16.9 Å². The number of carbonyl (C=O) groups excluding carboxylic acids is 1. The van der Waals surface area contributed by atoms with Gasteiger partial charge in [0.2, 0.25) is 5.91 Å². The van der Waals surface area contributed by atoms with Crippen LogP contribution in [0.25, 0.3) is 0 Å². The molecule has 0 spiro atoms. The van der Waals surface area contributed by atoms with Gasteiger partial charge in [-0.2, -0.15) is 11.8 Å². The number of aromatic nitrogens is 1. The molecule has 4 rings (SSSR count). The van der Waals surface area contributed by atoms with Gasteiger partial charge in [-0.1, -0.05) is 12.5 Å². The molecular weight excluding hydrogens is 455 g/mol. The number of rotatable bonds is 6. The monoisotopic (exact) mass is 490 g/mol. The van der Waals surface area contributed by atoms with Crippen molar-refractivity contribution in [1.82, 2.24) is 14.4 Å². The molecule has 0 radical (unpaired) electrons. The van der Waals surface area contributed by atoms with Crippen molar-refractivity contribution >= 4 is 42.5 Å². The van der Waals surface area contributed by atoms with E-state index in [9.17, 15) is 9.59 Å². The van der Waals surface area contributed by atoms with Crippen LogP contribution in [-0.2, 0) is 17.9 Å². The molecule has 2 N–H and O–H groups in total. The Bertz CT molecular complexity index is 800. The molecule has 3 aliphatic heterocycles. The maximum absolute atomic E-state index is 13.2. The van der Waals surface area contributed by atoms with Gasteiger partial charge in [0, 0.05) is 43.4 Å². The van der Waals surface area contributed by atoms with E-state index in [0.29, 0.717) is 12.5 Å². The second kappa shape index (κ2) is 11.9.